The third-order valence-corrected chi connectivity index (χ3v) is 8.26. The van der Waals surface area contributed by atoms with Crippen LogP contribution in [0.15, 0.2) is 34.9 Å². The summed E-state index contributed by atoms with van der Waals surface area (Å²) in [7, 11) is 0. The summed E-state index contributed by atoms with van der Waals surface area (Å²) in [4.78, 5) is 29.0. The molecule has 9 heteroatoms. The number of piperidine rings is 1. The van der Waals surface area contributed by atoms with E-state index in [1.54, 1.807) is 0 Å². The minimum Gasteiger partial charge on any atom is -0.447 e. The first-order chi connectivity index (χ1) is 18.6. The van der Waals surface area contributed by atoms with Gasteiger partial charge in [0.15, 0.2) is 5.69 Å². The van der Waals surface area contributed by atoms with Crippen molar-refractivity contribution >= 4 is 11.6 Å². The fourth-order valence-electron chi connectivity index (χ4n) is 6.03. The first-order valence-corrected chi connectivity index (χ1v) is 14.5. The number of nitrogens with zero attached hydrogens (tertiary/aromatic N) is 6. The summed E-state index contributed by atoms with van der Waals surface area (Å²) < 4.78 is 5.71. The lowest BCUT2D eigenvalue weighted by Gasteiger charge is -2.36. The molecule has 5 rings (SSSR count). The van der Waals surface area contributed by atoms with Crippen molar-refractivity contribution in [2.24, 2.45) is 0 Å². The Labute approximate surface area is 227 Å². The maximum Gasteiger partial charge on any atom is 0.275 e. The highest BCUT2D eigenvalue weighted by Crippen LogP contribution is 2.23. The first kappa shape index (κ1) is 27.1. The third-order valence-electron chi connectivity index (χ3n) is 8.26. The van der Waals surface area contributed by atoms with Crippen molar-refractivity contribution < 1.29 is 14.3 Å². The van der Waals surface area contributed by atoms with Gasteiger partial charge in [0.1, 0.15) is 6.26 Å². The first-order valence-electron chi connectivity index (χ1n) is 14.5. The Balaban J connectivity index is 1.04. The number of hydrogen-bond donors (Lipinski definition) is 1. The fraction of sp³-hybridized carbons (Fsp3) is 0.655. The molecule has 0 bridgehead atoms. The molecule has 1 N–H and O–H groups in total. The molecule has 3 aliphatic heterocycles. The molecule has 4 heterocycles. The van der Waals surface area contributed by atoms with Gasteiger partial charge in [0.05, 0.1) is 12.6 Å². The standard InChI is InChI=1S/C29H44N6O3/c1-2-24-8-4-5-9-27(24)34-16-18-35(19-17-34)29(37)26-23-38-28(30-26)22-33-14-12-32(13-15-33)21-25(36)20-31-10-6-3-7-11-31/h4-5,8-9,23,25,36H,2-3,6-7,10-22H2,1H3/t25-/m1/s1. The molecule has 0 unspecified atom stereocenters. The average Bonchev–Trinajstić information content (AvgIpc) is 3.43. The summed E-state index contributed by atoms with van der Waals surface area (Å²) in [6.45, 7) is 13.2. The predicted octanol–water partition coefficient (Wildman–Crippen LogP) is 2.16. The molecule has 1 aromatic carbocycles. The van der Waals surface area contributed by atoms with E-state index < -0.39 is 0 Å². The molecule has 1 amide bonds. The largest absolute Gasteiger partial charge is 0.447 e. The van der Waals surface area contributed by atoms with Crippen LogP contribution in [0.5, 0.6) is 0 Å². The fourth-order valence-corrected chi connectivity index (χ4v) is 6.03. The minimum absolute atomic E-state index is 0.0454. The second kappa shape index (κ2) is 13.1. The number of para-hydroxylation sites is 1. The van der Waals surface area contributed by atoms with E-state index in [1.807, 2.05) is 4.90 Å². The maximum atomic E-state index is 13.1. The van der Waals surface area contributed by atoms with Gasteiger partial charge in [-0.1, -0.05) is 31.5 Å². The molecule has 1 aromatic heterocycles. The number of amides is 1. The van der Waals surface area contributed by atoms with Gasteiger partial charge in [-0.3, -0.25) is 14.6 Å². The number of aryl methyl sites for hydroxylation is 1. The van der Waals surface area contributed by atoms with Gasteiger partial charge in [0.2, 0.25) is 5.89 Å². The summed E-state index contributed by atoms with van der Waals surface area (Å²) in [6, 6.07) is 8.54. The molecule has 208 valence electrons. The smallest absolute Gasteiger partial charge is 0.275 e. The van der Waals surface area contributed by atoms with Crippen LogP contribution in [0.25, 0.3) is 0 Å². The Morgan fingerprint density at radius 2 is 1.55 bits per heavy atom. The van der Waals surface area contributed by atoms with Gasteiger partial charge >= 0.3 is 0 Å². The second-order valence-corrected chi connectivity index (χ2v) is 11.0. The Morgan fingerprint density at radius 3 is 2.26 bits per heavy atom. The molecule has 9 nitrogen and oxygen atoms in total. The van der Waals surface area contributed by atoms with Crippen molar-refractivity contribution in [3.8, 4) is 0 Å². The van der Waals surface area contributed by atoms with E-state index in [1.165, 1.54) is 36.8 Å². The van der Waals surface area contributed by atoms with Gasteiger partial charge in [-0.2, -0.15) is 0 Å². The number of carbonyl (C=O) groups excluding carboxylic acids is 1. The van der Waals surface area contributed by atoms with Crippen LogP contribution in [0.3, 0.4) is 0 Å². The summed E-state index contributed by atoms with van der Waals surface area (Å²) in [5.41, 5.74) is 3.03. The van der Waals surface area contributed by atoms with Crippen molar-refractivity contribution in [3.05, 3.63) is 47.7 Å². The third kappa shape index (κ3) is 6.94. The molecular weight excluding hydrogens is 480 g/mol. The Bertz CT molecular complexity index is 1020. The molecule has 38 heavy (non-hydrogen) atoms. The highest BCUT2D eigenvalue weighted by molar-refractivity contribution is 5.92. The van der Waals surface area contributed by atoms with Crippen LogP contribution in [0.2, 0.25) is 0 Å². The van der Waals surface area contributed by atoms with E-state index >= 15 is 0 Å². The number of rotatable bonds is 9. The Hall–Kier alpha value is -2.46. The number of oxazole rings is 1. The number of likely N-dealkylation sites (tertiary alicyclic amines) is 1. The van der Waals surface area contributed by atoms with Crippen molar-refractivity contribution in [1.29, 1.82) is 0 Å². The van der Waals surface area contributed by atoms with Gasteiger partial charge < -0.3 is 24.2 Å². The summed E-state index contributed by atoms with van der Waals surface area (Å²) in [5.74, 6) is 0.554. The number of aliphatic hydroxyl groups is 1. The topological polar surface area (TPSA) is 79.5 Å². The molecule has 3 fully saturated rings. The van der Waals surface area contributed by atoms with E-state index in [-0.39, 0.29) is 12.0 Å². The van der Waals surface area contributed by atoms with Crippen LogP contribution in [-0.2, 0) is 13.0 Å². The summed E-state index contributed by atoms with van der Waals surface area (Å²) in [6.07, 6.45) is 6.06. The zero-order valence-electron chi connectivity index (χ0n) is 22.9. The van der Waals surface area contributed by atoms with Gasteiger partial charge in [-0.15, -0.1) is 0 Å². The Morgan fingerprint density at radius 1 is 0.895 bits per heavy atom. The number of anilines is 1. The number of piperazine rings is 2. The van der Waals surface area contributed by atoms with Crippen LogP contribution < -0.4 is 4.90 Å². The van der Waals surface area contributed by atoms with Crippen molar-refractivity contribution in [2.45, 2.75) is 45.3 Å². The SMILES string of the molecule is CCc1ccccc1N1CCN(C(=O)c2coc(CN3CCN(C[C@H](O)CN4CCCCC4)CC3)n2)CC1. The zero-order chi connectivity index (χ0) is 26.3. The van der Waals surface area contributed by atoms with E-state index in [9.17, 15) is 9.90 Å². The number of β-amino-alcohol motifs (C(OH)–C–C–N with tert-alkyl or cyclic N) is 1. The molecule has 0 spiro atoms. The monoisotopic (exact) mass is 524 g/mol. The zero-order valence-corrected chi connectivity index (χ0v) is 22.9. The molecular formula is C29H44N6O3. The van der Waals surface area contributed by atoms with E-state index in [0.29, 0.717) is 31.2 Å². The lowest BCUT2D eigenvalue weighted by Crippen LogP contribution is -2.50. The molecule has 3 saturated heterocycles. The number of hydrogen-bond acceptors (Lipinski definition) is 8. The summed E-state index contributed by atoms with van der Waals surface area (Å²) >= 11 is 0. The van der Waals surface area contributed by atoms with E-state index in [0.717, 1.165) is 71.9 Å². The van der Waals surface area contributed by atoms with Crippen molar-refractivity contribution in [2.75, 3.05) is 83.4 Å². The molecule has 1 atom stereocenters. The molecule has 0 saturated carbocycles. The van der Waals surface area contributed by atoms with Crippen LogP contribution in [0.1, 0.15) is 48.1 Å². The number of aliphatic hydroxyl groups excluding tert-OH is 1. The maximum absolute atomic E-state index is 13.1. The van der Waals surface area contributed by atoms with Crippen molar-refractivity contribution in [3.63, 3.8) is 0 Å². The van der Waals surface area contributed by atoms with E-state index in [4.69, 9.17) is 4.42 Å². The highest BCUT2D eigenvalue weighted by Gasteiger charge is 2.26. The minimum atomic E-state index is -0.289. The normalized spacial score (nSPS) is 21.1. The lowest BCUT2D eigenvalue weighted by molar-refractivity contribution is 0.0434. The highest BCUT2D eigenvalue weighted by atomic mass is 16.3. The van der Waals surface area contributed by atoms with Gasteiger partial charge in [-0.25, -0.2) is 4.98 Å². The van der Waals surface area contributed by atoms with Crippen LogP contribution in [0, 0.1) is 0 Å². The van der Waals surface area contributed by atoms with Gasteiger partial charge in [0.25, 0.3) is 5.91 Å². The second-order valence-electron chi connectivity index (χ2n) is 11.0. The molecule has 2 aromatic rings. The van der Waals surface area contributed by atoms with Crippen LogP contribution in [0.4, 0.5) is 5.69 Å². The van der Waals surface area contributed by atoms with E-state index in [2.05, 4.69) is 55.8 Å². The predicted molar refractivity (Wildman–Crippen MR) is 148 cm³/mol. The Kier molecular flexibility index (Phi) is 9.32. The molecule has 0 radical (unpaired) electrons. The van der Waals surface area contributed by atoms with Crippen LogP contribution in [-0.4, -0.2) is 120 Å². The van der Waals surface area contributed by atoms with Gasteiger partial charge in [0, 0.05) is 71.1 Å². The average molecular weight is 525 g/mol. The molecule has 0 aliphatic carbocycles. The number of benzene rings is 1. The number of carbonyl (C=O) groups is 1. The number of aromatic nitrogens is 1. The van der Waals surface area contributed by atoms with Crippen molar-refractivity contribution in [1.82, 2.24) is 24.6 Å². The van der Waals surface area contributed by atoms with Crippen LogP contribution >= 0.6 is 0 Å². The van der Waals surface area contributed by atoms with Gasteiger partial charge in [-0.05, 0) is 44.0 Å². The quantitative estimate of drug-likeness (QED) is 0.535. The summed E-state index contributed by atoms with van der Waals surface area (Å²) in [5, 5.41) is 10.6. The lowest BCUT2D eigenvalue weighted by atomic mass is 10.1. The molecule has 3 aliphatic rings.